The van der Waals surface area contributed by atoms with Gasteiger partial charge in [0, 0.05) is 12.2 Å². The second-order valence-corrected chi connectivity index (χ2v) is 4.72. The lowest BCUT2D eigenvalue weighted by molar-refractivity contribution is 0.692. The number of aromatic nitrogens is 1. The minimum atomic E-state index is 0.654. The van der Waals surface area contributed by atoms with Gasteiger partial charge in [0.15, 0.2) is 0 Å². The van der Waals surface area contributed by atoms with Gasteiger partial charge in [0.2, 0.25) is 0 Å². The molecule has 0 saturated heterocycles. The Labute approximate surface area is 93.3 Å². The van der Waals surface area contributed by atoms with Gasteiger partial charge in [-0.3, -0.25) is 0 Å². The van der Waals surface area contributed by atoms with Crippen LogP contribution in [0.15, 0.2) is 22.8 Å². The van der Waals surface area contributed by atoms with Crippen LogP contribution < -0.4 is 5.32 Å². The van der Waals surface area contributed by atoms with Crippen molar-refractivity contribution in [3.63, 3.8) is 0 Å². The molecule has 1 aliphatic rings. The Bertz CT molecular complexity index is 314. The van der Waals surface area contributed by atoms with Crippen LogP contribution in [0.5, 0.6) is 0 Å². The highest BCUT2D eigenvalue weighted by Crippen LogP contribution is 2.37. The van der Waals surface area contributed by atoms with Crippen LogP contribution >= 0.6 is 15.9 Å². The molecule has 2 rings (SSSR count). The van der Waals surface area contributed by atoms with Crippen molar-refractivity contribution in [2.24, 2.45) is 5.92 Å². The molecule has 76 valence electrons. The molecule has 2 atom stereocenters. The van der Waals surface area contributed by atoms with Crippen LogP contribution in [0.1, 0.15) is 26.2 Å². The van der Waals surface area contributed by atoms with Crippen molar-refractivity contribution in [2.45, 2.75) is 32.2 Å². The molecule has 1 heterocycles. The normalized spacial score (nSPS) is 24.7. The fourth-order valence-electron chi connectivity index (χ4n) is 1.78. The first kappa shape index (κ1) is 9.97. The van der Waals surface area contributed by atoms with Crippen LogP contribution in [0.3, 0.4) is 0 Å². The van der Waals surface area contributed by atoms with Crippen LogP contribution in [0.4, 0.5) is 5.82 Å². The highest BCUT2D eigenvalue weighted by Gasteiger charge is 2.36. The van der Waals surface area contributed by atoms with E-state index in [9.17, 15) is 0 Å². The molecule has 2 unspecified atom stereocenters. The third kappa shape index (κ3) is 2.27. The van der Waals surface area contributed by atoms with E-state index in [2.05, 4.69) is 33.2 Å². The van der Waals surface area contributed by atoms with Gasteiger partial charge < -0.3 is 5.32 Å². The van der Waals surface area contributed by atoms with Crippen LogP contribution in [0.25, 0.3) is 0 Å². The van der Waals surface area contributed by atoms with Crippen molar-refractivity contribution in [1.82, 2.24) is 4.98 Å². The summed E-state index contributed by atoms with van der Waals surface area (Å²) < 4.78 is 1.06. The number of anilines is 1. The lowest BCUT2D eigenvalue weighted by atomic mass is 10.2. The maximum atomic E-state index is 4.30. The Balaban J connectivity index is 1.90. The van der Waals surface area contributed by atoms with E-state index in [1.165, 1.54) is 19.3 Å². The molecule has 1 aromatic heterocycles. The third-order valence-corrected chi connectivity index (χ3v) is 3.30. The molecule has 1 aromatic rings. The molecule has 0 bridgehead atoms. The summed E-state index contributed by atoms with van der Waals surface area (Å²) >= 11 is 3.49. The van der Waals surface area contributed by atoms with Crippen molar-refractivity contribution in [3.05, 3.63) is 22.8 Å². The van der Waals surface area contributed by atoms with E-state index >= 15 is 0 Å². The smallest absolute Gasteiger partial charge is 0.140 e. The maximum Gasteiger partial charge on any atom is 0.140 e. The predicted molar refractivity (Wildman–Crippen MR) is 62.4 cm³/mol. The fourth-order valence-corrected chi connectivity index (χ4v) is 2.15. The Morgan fingerprint density at radius 2 is 2.50 bits per heavy atom. The quantitative estimate of drug-likeness (QED) is 0.891. The monoisotopic (exact) mass is 254 g/mol. The van der Waals surface area contributed by atoms with Crippen molar-refractivity contribution in [2.75, 3.05) is 5.32 Å². The predicted octanol–water partition coefficient (Wildman–Crippen LogP) is 3.44. The summed E-state index contributed by atoms with van der Waals surface area (Å²) in [6.07, 6.45) is 5.75. The summed E-state index contributed by atoms with van der Waals surface area (Å²) in [5.74, 6) is 1.85. The molecule has 0 amide bonds. The second kappa shape index (κ2) is 4.30. The highest BCUT2D eigenvalue weighted by molar-refractivity contribution is 9.10. The lowest BCUT2D eigenvalue weighted by Crippen LogP contribution is -2.06. The standard InChI is InChI=1S/C11H15BrN2/c1-2-4-8-7-10(8)14-11-9(12)5-3-6-13-11/h3,5-6,8,10H,2,4,7H2,1H3,(H,13,14). The van der Waals surface area contributed by atoms with Gasteiger partial charge in [-0.25, -0.2) is 4.98 Å². The number of hydrogen-bond acceptors (Lipinski definition) is 2. The second-order valence-electron chi connectivity index (χ2n) is 3.87. The molecule has 1 N–H and O–H groups in total. The molecule has 14 heavy (non-hydrogen) atoms. The van der Waals surface area contributed by atoms with Crippen molar-refractivity contribution < 1.29 is 0 Å². The van der Waals surface area contributed by atoms with Crippen LogP contribution in [0, 0.1) is 5.92 Å². The Hall–Kier alpha value is -0.570. The van der Waals surface area contributed by atoms with Gasteiger partial charge in [0.05, 0.1) is 4.47 Å². The highest BCUT2D eigenvalue weighted by atomic mass is 79.9. The van der Waals surface area contributed by atoms with E-state index in [1.807, 2.05) is 18.3 Å². The van der Waals surface area contributed by atoms with E-state index in [0.29, 0.717) is 6.04 Å². The zero-order valence-corrected chi connectivity index (χ0v) is 9.92. The molecule has 0 aliphatic heterocycles. The van der Waals surface area contributed by atoms with Crippen LogP contribution in [-0.4, -0.2) is 11.0 Å². The number of nitrogens with zero attached hydrogens (tertiary/aromatic N) is 1. The number of nitrogens with one attached hydrogen (secondary N) is 1. The molecular formula is C11H15BrN2. The summed E-state index contributed by atoms with van der Waals surface area (Å²) in [6.45, 7) is 2.24. The molecular weight excluding hydrogens is 240 g/mol. The fraction of sp³-hybridized carbons (Fsp3) is 0.545. The molecule has 1 fully saturated rings. The minimum absolute atomic E-state index is 0.654. The van der Waals surface area contributed by atoms with Gasteiger partial charge in [-0.15, -0.1) is 0 Å². The van der Waals surface area contributed by atoms with Gasteiger partial charge in [0.25, 0.3) is 0 Å². The molecule has 0 radical (unpaired) electrons. The number of halogens is 1. The summed E-state index contributed by atoms with van der Waals surface area (Å²) in [6, 6.07) is 4.61. The molecule has 1 aliphatic carbocycles. The Kier molecular flexibility index (Phi) is 3.06. The van der Waals surface area contributed by atoms with Gasteiger partial charge >= 0.3 is 0 Å². The van der Waals surface area contributed by atoms with Crippen molar-refractivity contribution in [3.8, 4) is 0 Å². The number of pyridine rings is 1. The van der Waals surface area contributed by atoms with Crippen molar-refractivity contribution >= 4 is 21.7 Å². The molecule has 0 spiro atoms. The summed E-state index contributed by atoms with van der Waals surface area (Å²) in [5.41, 5.74) is 0. The molecule has 0 aromatic carbocycles. The average molecular weight is 255 g/mol. The summed E-state index contributed by atoms with van der Waals surface area (Å²) in [4.78, 5) is 4.30. The Morgan fingerprint density at radius 1 is 1.64 bits per heavy atom. The molecule has 1 saturated carbocycles. The van der Waals surface area contributed by atoms with Gasteiger partial charge in [-0.05, 0) is 46.8 Å². The zero-order chi connectivity index (χ0) is 9.97. The average Bonchev–Trinajstić information content (AvgIpc) is 2.89. The summed E-state index contributed by atoms with van der Waals surface area (Å²) in [5, 5.41) is 3.46. The molecule has 3 heteroatoms. The van der Waals surface area contributed by atoms with Crippen molar-refractivity contribution in [1.29, 1.82) is 0 Å². The number of rotatable bonds is 4. The third-order valence-electron chi connectivity index (χ3n) is 2.66. The SMILES string of the molecule is CCCC1CC1Nc1ncccc1Br. The zero-order valence-electron chi connectivity index (χ0n) is 8.33. The first-order valence-corrected chi connectivity index (χ1v) is 5.97. The lowest BCUT2D eigenvalue weighted by Gasteiger charge is -2.05. The number of hydrogen-bond donors (Lipinski definition) is 1. The summed E-state index contributed by atoms with van der Waals surface area (Å²) in [7, 11) is 0. The molecule has 2 nitrogen and oxygen atoms in total. The van der Waals surface area contributed by atoms with E-state index in [4.69, 9.17) is 0 Å². The van der Waals surface area contributed by atoms with E-state index in [-0.39, 0.29) is 0 Å². The Morgan fingerprint density at radius 3 is 3.21 bits per heavy atom. The van der Waals surface area contributed by atoms with E-state index < -0.39 is 0 Å². The van der Waals surface area contributed by atoms with Gasteiger partial charge in [-0.1, -0.05) is 13.3 Å². The van der Waals surface area contributed by atoms with Crippen LogP contribution in [-0.2, 0) is 0 Å². The largest absolute Gasteiger partial charge is 0.366 e. The van der Waals surface area contributed by atoms with Gasteiger partial charge in [-0.2, -0.15) is 0 Å². The first-order chi connectivity index (χ1) is 6.81. The van der Waals surface area contributed by atoms with E-state index in [1.54, 1.807) is 0 Å². The topological polar surface area (TPSA) is 24.9 Å². The first-order valence-electron chi connectivity index (χ1n) is 5.18. The van der Waals surface area contributed by atoms with Crippen LogP contribution in [0.2, 0.25) is 0 Å². The van der Waals surface area contributed by atoms with E-state index in [0.717, 1.165) is 16.2 Å². The maximum absolute atomic E-state index is 4.30. The minimum Gasteiger partial charge on any atom is -0.366 e. The van der Waals surface area contributed by atoms with Gasteiger partial charge in [0.1, 0.15) is 5.82 Å².